The van der Waals surface area contributed by atoms with Crippen LogP contribution in [0.4, 0.5) is 0 Å². The minimum absolute atomic E-state index is 0.00621. The van der Waals surface area contributed by atoms with Crippen LogP contribution in [-0.2, 0) is 0 Å². The van der Waals surface area contributed by atoms with Crippen molar-refractivity contribution in [3.63, 3.8) is 0 Å². The Balaban J connectivity index is 1.70. The second kappa shape index (κ2) is 8.11. The fraction of sp³-hybridized carbons (Fsp3) is 0.0435. The van der Waals surface area contributed by atoms with Gasteiger partial charge < -0.3 is 15.2 Å². The fourth-order valence-electron chi connectivity index (χ4n) is 3.31. The summed E-state index contributed by atoms with van der Waals surface area (Å²) in [5.74, 6) is -0.339. The van der Waals surface area contributed by atoms with Gasteiger partial charge in [0.05, 0.1) is 11.5 Å². The number of ether oxygens (including phenoxy) is 2. The van der Waals surface area contributed by atoms with Gasteiger partial charge in [-0.3, -0.25) is 0 Å². The summed E-state index contributed by atoms with van der Waals surface area (Å²) in [5.41, 5.74) is 8.13. The maximum Gasteiger partial charge on any atom is 0.343 e. The summed E-state index contributed by atoms with van der Waals surface area (Å²) in [6.45, 7) is 0. The first-order valence-corrected chi connectivity index (χ1v) is 9.66. The highest BCUT2D eigenvalue weighted by atomic mass is 35.5. The van der Waals surface area contributed by atoms with E-state index in [1.165, 1.54) is 6.07 Å². The Morgan fingerprint density at radius 3 is 2.47 bits per heavy atom. The van der Waals surface area contributed by atoms with E-state index in [4.69, 9.17) is 38.4 Å². The molecule has 1 aliphatic heterocycles. The number of hydrogen-bond donors (Lipinski definition) is 1. The van der Waals surface area contributed by atoms with Crippen LogP contribution in [0.1, 0.15) is 27.4 Å². The summed E-state index contributed by atoms with van der Waals surface area (Å²) < 4.78 is 11.1. The molecule has 0 bridgehead atoms. The molecule has 1 aliphatic rings. The Morgan fingerprint density at radius 1 is 1.03 bits per heavy atom. The highest BCUT2D eigenvalue weighted by Gasteiger charge is 2.31. The van der Waals surface area contributed by atoms with Crippen LogP contribution < -0.4 is 15.2 Å². The first kappa shape index (κ1) is 19.8. The van der Waals surface area contributed by atoms with Crippen molar-refractivity contribution in [1.29, 1.82) is 5.26 Å². The highest BCUT2D eigenvalue weighted by Crippen LogP contribution is 2.43. The number of carbonyl (C=O) groups is 1. The largest absolute Gasteiger partial charge is 0.440 e. The van der Waals surface area contributed by atoms with E-state index in [2.05, 4.69) is 6.07 Å². The van der Waals surface area contributed by atoms with Gasteiger partial charge in [-0.25, -0.2) is 4.79 Å². The van der Waals surface area contributed by atoms with Crippen LogP contribution in [0, 0.1) is 11.3 Å². The SMILES string of the molecule is N#CC1=C(N)Oc2cc(OC(=O)c3cccc(Cl)c3)ccc2[C@@H]1c1cccc(Cl)c1. The van der Waals surface area contributed by atoms with Crippen molar-refractivity contribution in [3.8, 4) is 17.6 Å². The number of benzene rings is 3. The summed E-state index contributed by atoms with van der Waals surface area (Å²) in [5, 5.41) is 10.6. The zero-order valence-corrected chi connectivity index (χ0v) is 16.9. The van der Waals surface area contributed by atoms with Crippen molar-refractivity contribution < 1.29 is 14.3 Å². The average Bonchev–Trinajstić information content (AvgIpc) is 2.72. The number of hydrogen-bond acceptors (Lipinski definition) is 5. The number of fused-ring (bicyclic) bond motifs is 1. The third-order valence-corrected chi connectivity index (χ3v) is 5.11. The molecule has 0 aliphatic carbocycles. The van der Waals surface area contributed by atoms with Gasteiger partial charge >= 0.3 is 5.97 Å². The molecule has 0 spiro atoms. The first-order chi connectivity index (χ1) is 14.5. The van der Waals surface area contributed by atoms with Gasteiger partial charge in [0.25, 0.3) is 0 Å². The maximum atomic E-state index is 12.4. The first-order valence-electron chi connectivity index (χ1n) is 8.91. The van der Waals surface area contributed by atoms with Gasteiger partial charge in [0, 0.05) is 21.7 Å². The molecular formula is C23H14Cl2N2O3. The van der Waals surface area contributed by atoms with Crippen molar-refractivity contribution >= 4 is 29.2 Å². The number of nitriles is 1. The van der Waals surface area contributed by atoms with Crippen LogP contribution in [0.3, 0.4) is 0 Å². The molecule has 0 unspecified atom stereocenters. The molecule has 7 heteroatoms. The molecule has 0 saturated heterocycles. The highest BCUT2D eigenvalue weighted by molar-refractivity contribution is 6.31. The van der Waals surface area contributed by atoms with E-state index >= 15 is 0 Å². The average molecular weight is 437 g/mol. The number of nitrogens with two attached hydrogens (primary N) is 1. The van der Waals surface area contributed by atoms with Crippen molar-refractivity contribution in [2.45, 2.75) is 5.92 Å². The molecule has 0 fully saturated rings. The van der Waals surface area contributed by atoms with Crippen LogP contribution in [-0.4, -0.2) is 5.97 Å². The monoisotopic (exact) mass is 436 g/mol. The number of allylic oxidation sites excluding steroid dienone is 1. The molecule has 3 aromatic rings. The van der Waals surface area contributed by atoms with Gasteiger partial charge in [-0.05, 0) is 42.0 Å². The Labute approximate surface area is 182 Å². The molecule has 0 saturated carbocycles. The molecule has 30 heavy (non-hydrogen) atoms. The number of halogens is 2. The van der Waals surface area contributed by atoms with Crippen molar-refractivity contribution in [3.05, 3.63) is 105 Å². The van der Waals surface area contributed by atoms with Crippen LogP contribution >= 0.6 is 23.2 Å². The van der Waals surface area contributed by atoms with Crippen LogP contribution in [0.25, 0.3) is 0 Å². The normalized spacial score (nSPS) is 15.0. The van der Waals surface area contributed by atoms with Gasteiger partial charge in [-0.15, -0.1) is 0 Å². The molecule has 0 amide bonds. The van der Waals surface area contributed by atoms with E-state index in [9.17, 15) is 10.1 Å². The number of esters is 1. The standard InChI is InChI=1S/C23H14Cl2N2O3/c24-15-5-1-3-13(9-15)21-18-8-7-17(11-20(18)30-22(27)19(21)12-26)29-23(28)14-4-2-6-16(25)10-14/h1-11,21H,27H2/t21-/m0/s1. The zero-order valence-electron chi connectivity index (χ0n) is 15.4. The molecule has 1 atom stereocenters. The Hall–Kier alpha value is -3.46. The van der Waals surface area contributed by atoms with E-state index in [1.54, 1.807) is 54.6 Å². The Bertz CT molecular complexity index is 1230. The lowest BCUT2D eigenvalue weighted by molar-refractivity contribution is 0.0734. The van der Waals surface area contributed by atoms with Gasteiger partial charge in [-0.1, -0.05) is 47.5 Å². The fourth-order valence-corrected chi connectivity index (χ4v) is 3.70. The van der Waals surface area contributed by atoms with E-state index in [0.717, 1.165) is 5.56 Å². The zero-order chi connectivity index (χ0) is 21.3. The number of nitrogens with zero attached hydrogens (tertiary/aromatic N) is 1. The predicted molar refractivity (Wildman–Crippen MR) is 114 cm³/mol. The third kappa shape index (κ3) is 3.84. The molecule has 0 radical (unpaired) electrons. The lowest BCUT2D eigenvalue weighted by atomic mass is 9.83. The minimum atomic E-state index is -0.555. The molecular weight excluding hydrogens is 423 g/mol. The van der Waals surface area contributed by atoms with E-state index in [1.807, 2.05) is 6.07 Å². The lowest BCUT2D eigenvalue weighted by Crippen LogP contribution is -2.21. The lowest BCUT2D eigenvalue weighted by Gasteiger charge is -2.26. The number of rotatable bonds is 3. The van der Waals surface area contributed by atoms with Crippen molar-refractivity contribution in [1.82, 2.24) is 0 Å². The van der Waals surface area contributed by atoms with Gasteiger partial charge in [0.2, 0.25) is 5.88 Å². The van der Waals surface area contributed by atoms with Crippen LogP contribution in [0.5, 0.6) is 11.5 Å². The third-order valence-electron chi connectivity index (χ3n) is 4.64. The van der Waals surface area contributed by atoms with Crippen molar-refractivity contribution in [2.75, 3.05) is 0 Å². The minimum Gasteiger partial charge on any atom is -0.440 e. The Morgan fingerprint density at radius 2 is 1.77 bits per heavy atom. The van der Waals surface area contributed by atoms with E-state index in [0.29, 0.717) is 26.9 Å². The summed E-state index contributed by atoms with van der Waals surface area (Å²) >= 11 is 12.1. The quantitative estimate of drug-likeness (QED) is 0.436. The second-order valence-electron chi connectivity index (χ2n) is 6.58. The van der Waals surface area contributed by atoms with Crippen LogP contribution in [0.2, 0.25) is 10.0 Å². The summed E-state index contributed by atoms with van der Waals surface area (Å²) in [6, 6.07) is 20.7. The van der Waals surface area contributed by atoms with Crippen LogP contribution in [0.15, 0.2) is 78.2 Å². The molecule has 4 rings (SSSR count). The predicted octanol–water partition coefficient (Wildman–Crippen LogP) is 5.43. The summed E-state index contributed by atoms with van der Waals surface area (Å²) in [4.78, 5) is 12.4. The van der Waals surface area contributed by atoms with Gasteiger partial charge in [0.15, 0.2) is 0 Å². The van der Waals surface area contributed by atoms with Crippen molar-refractivity contribution in [2.24, 2.45) is 5.73 Å². The number of carbonyl (C=O) groups excluding carboxylic acids is 1. The Kier molecular flexibility index (Phi) is 5.37. The van der Waals surface area contributed by atoms with Gasteiger partial charge in [0.1, 0.15) is 23.1 Å². The molecule has 0 aromatic heterocycles. The molecule has 1 heterocycles. The summed E-state index contributed by atoms with van der Waals surface area (Å²) in [6.07, 6.45) is 0. The topological polar surface area (TPSA) is 85.3 Å². The maximum absolute atomic E-state index is 12.4. The summed E-state index contributed by atoms with van der Waals surface area (Å²) in [7, 11) is 0. The molecule has 2 N–H and O–H groups in total. The molecule has 148 valence electrons. The molecule has 5 nitrogen and oxygen atoms in total. The van der Waals surface area contributed by atoms with Gasteiger partial charge in [-0.2, -0.15) is 5.26 Å². The smallest absolute Gasteiger partial charge is 0.343 e. The van der Waals surface area contributed by atoms with E-state index in [-0.39, 0.29) is 17.2 Å². The van der Waals surface area contributed by atoms with E-state index < -0.39 is 11.9 Å². The molecule has 3 aromatic carbocycles. The second-order valence-corrected chi connectivity index (χ2v) is 7.45.